The van der Waals surface area contributed by atoms with E-state index in [4.69, 9.17) is 5.11 Å². The maximum absolute atomic E-state index is 13.1. The molecule has 0 saturated heterocycles. The average Bonchev–Trinajstić information content (AvgIpc) is 2.44. The largest absolute Gasteiger partial charge is 0.507 e. The molecule has 104 valence electrons. The van der Waals surface area contributed by atoms with Gasteiger partial charge in [-0.25, -0.2) is 4.39 Å². The van der Waals surface area contributed by atoms with E-state index in [1.54, 1.807) is 24.3 Å². The monoisotopic (exact) mass is 275 g/mol. The van der Waals surface area contributed by atoms with Gasteiger partial charge in [-0.15, -0.1) is 0 Å². The Hall–Kier alpha value is -2.40. The van der Waals surface area contributed by atoms with Crippen LogP contribution in [0.1, 0.15) is 15.9 Å². The summed E-state index contributed by atoms with van der Waals surface area (Å²) < 4.78 is 13.1. The van der Waals surface area contributed by atoms with Crippen LogP contribution < -0.4 is 5.32 Å². The van der Waals surface area contributed by atoms with Crippen molar-refractivity contribution in [1.82, 2.24) is 0 Å². The molecule has 0 unspecified atom stereocenters. The van der Waals surface area contributed by atoms with Gasteiger partial charge in [0.25, 0.3) is 5.91 Å². The molecule has 0 aliphatic rings. The van der Waals surface area contributed by atoms with Gasteiger partial charge in [-0.1, -0.05) is 12.1 Å². The van der Waals surface area contributed by atoms with Crippen molar-refractivity contribution in [3.05, 3.63) is 59.4 Å². The summed E-state index contributed by atoms with van der Waals surface area (Å²) in [6.45, 7) is 0.0584. The van der Waals surface area contributed by atoms with Gasteiger partial charge >= 0.3 is 0 Å². The number of hydrogen-bond donors (Lipinski definition) is 3. The van der Waals surface area contributed by atoms with Crippen molar-refractivity contribution in [3.63, 3.8) is 0 Å². The Bertz CT molecular complexity index is 611. The Morgan fingerprint density at radius 1 is 1.15 bits per heavy atom. The van der Waals surface area contributed by atoms with Crippen molar-refractivity contribution >= 4 is 11.6 Å². The first-order chi connectivity index (χ1) is 9.60. The third-order valence-corrected chi connectivity index (χ3v) is 2.82. The van der Waals surface area contributed by atoms with Crippen molar-refractivity contribution < 1.29 is 19.4 Å². The molecule has 0 aliphatic carbocycles. The van der Waals surface area contributed by atoms with Crippen LogP contribution in [-0.2, 0) is 6.42 Å². The Morgan fingerprint density at radius 2 is 1.85 bits per heavy atom. The summed E-state index contributed by atoms with van der Waals surface area (Å²) in [6.07, 6.45) is 0.541. The van der Waals surface area contributed by atoms with Gasteiger partial charge in [0, 0.05) is 12.3 Å². The third kappa shape index (κ3) is 3.33. The molecule has 4 nitrogen and oxygen atoms in total. The number of carbonyl (C=O) groups excluding carboxylic acids is 1. The first-order valence-corrected chi connectivity index (χ1v) is 6.10. The van der Waals surface area contributed by atoms with Crippen LogP contribution in [0.4, 0.5) is 10.1 Å². The van der Waals surface area contributed by atoms with Gasteiger partial charge in [0.1, 0.15) is 11.6 Å². The third-order valence-electron chi connectivity index (χ3n) is 2.82. The van der Waals surface area contributed by atoms with Crippen molar-refractivity contribution in [2.24, 2.45) is 0 Å². The lowest BCUT2D eigenvalue weighted by molar-refractivity contribution is 0.102. The second kappa shape index (κ2) is 6.16. The number of aliphatic hydroxyl groups excluding tert-OH is 1. The van der Waals surface area contributed by atoms with Crippen molar-refractivity contribution in [1.29, 1.82) is 0 Å². The molecule has 0 spiro atoms. The number of anilines is 1. The van der Waals surface area contributed by atoms with Crippen molar-refractivity contribution in [2.75, 3.05) is 11.9 Å². The van der Waals surface area contributed by atoms with E-state index >= 15 is 0 Å². The first kappa shape index (κ1) is 14.0. The van der Waals surface area contributed by atoms with Gasteiger partial charge < -0.3 is 15.5 Å². The minimum Gasteiger partial charge on any atom is -0.507 e. The molecule has 0 aliphatic heterocycles. The minimum absolute atomic E-state index is 0.0584. The first-order valence-electron chi connectivity index (χ1n) is 6.10. The molecule has 0 radical (unpaired) electrons. The highest BCUT2D eigenvalue weighted by molar-refractivity contribution is 6.06. The number of aliphatic hydroxyl groups is 1. The molecule has 20 heavy (non-hydrogen) atoms. The normalized spacial score (nSPS) is 10.3. The van der Waals surface area contributed by atoms with Gasteiger partial charge in [-0.05, 0) is 42.3 Å². The molecule has 2 rings (SSSR count). The van der Waals surface area contributed by atoms with E-state index in [2.05, 4.69) is 5.32 Å². The fourth-order valence-corrected chi connectivity index (χ4v) is 1.77. The van der Waals surface area contributed by atoms with Crippen LogP contribution in [0, 0.1) is 5.82 Å². The zero-order valence-electron chi connectivity index (χ0n) is 10.6. The summed E-state index contributed by atoms with van der Waals surface area (Å²) in [5.41, 5.74) is 1.35. The summed E-state index contributed by atoms with van der Waals surface area (Å²) in [6, 6.07) is 10.1. The minimum atomic E-state index is -0.591. The smallest absolute Gasteiger partial charge is 0.259 e. The van der Waals surface area contributed by atoms with Crippen molar-refractivity contribution in [2.45, 2.75) is 6.42 Å². The summed E-state index contributed by atoms with van der Waals surface area (Å²) in [5.74, 6) is -1.45. The Kier molecular flexibility index (Phi) is 4.32. The highest BCUT2D eigenvalue weighted by Gasteiger charge is 2.12. The lowest BCUT2D eigenvalue weighted by atomic mass is 10.1. The number of carbonyl (C=O) groups is 1. The summed E-state index contributed by atoms with van der Waals surface area (Å²) in [5, 5.41) is 20.9. The molecule has 5 heteroatoms. The number of nitrogens with one attached hydrogen (secondary N) is 1. The highest BCUT2D eigenvalue weighted by atomic mass is 19.1. The molecular formula is C15H14FNO3. The van der Waals surface area contributed by atoms with Crippen LogP contribution >= 0.6 is 0 Å². The van der Waals surface area contributed by atoms with Crippen LogP contribution in [-0.4, -0.2) is 22.7 Å². The quantitative estimate of drug-likeness (QED) is 0.802. The highest BCUT2D eigenvalue weighted by Crippen LogP contribution is 2.19. The Balaban J connectivity index is 2.13. The lowest BCUT2D eigenvalue weighted by Crippen LogP contribution is -2.12. The molecule has 0 bridgehead atoms. The van der Waals surface area contributed by atoms with Gasteiger partial charge in [0.2, 0.25) is 0 Å². The topological polar surface area (TPSA) is 69.6 Å². The van der Waals surface area contributed by atoms with E-state index in [-0.39, 0.29) is 17.9 Å². The van der Waals surface area contributed by atoms with E-state index in [0.717, 1.165) is 23.8 Å². The Morgan fingerprint density at radius 3 is 2.50 bits per heavy atom. The van der Waals surface area contributed by atoms with Crippen molar-refractivity contribution in [3.8, 4) is 5.75 Å². The molecule has 0 atom stereocenters. The van der Waals surface area contributed by atoms with E-state index in [0.29, 0.717) is 12.1 Å². The standard InChI is InChI=1S/C15H14FNO3/c16-11-3-6-14(19)13(9-11)15(20)17-12-4-1-10(2-5-12)7-8-18/h1-6,9,18-19H,7-8H2,(H,17,20). The summed E-state index contributed by atoms with van der Waals surface area (Å²) >= 11 is 0. The maximum Gasteiger partial charge on any atom is 0.259 e. The zero-order valence-corrected chi connectivity index (χ0v) is 10.6. The number of phenolic OH excluding ortho intramolecular Hbond substituents is 1. The van der Waals surface area contributed by atoms with E-state index in [1.165, 1.54) is 0 Å². The summed E-state index contributed by atoms with van der Waals surface area (Å²) in [7, 11) is 0. The number of hydrogen-bond acceptors (Lipinski definition) is 3. The molecule has 1 amide bonds. The van der Waals surface area contributed by atoms with Gasteiger partial charge in [0.15, 0.2) is 0 Å². The van der Waals surface area contributed by atoms with Crippen LogP contribution in [0.15, 0.2) is 42.5 Å². The number of aromatic hydroxyl groups is 1. The van der Waals surface area contributed by atoms with E-state index in [9.17, 15) is 14.3 Å². The molecule has 2 aromatic carbocycles. The molecular weight excluding hydrogens is 261 g/mol. The second-order valence-corrected chi connectivity index (χ2v) is 4.29. The predicted molar refractivity (Wildman–Crippen MR) is 73.2 cm³/mol. The van der Waals surface area contributed by atoms with Gasteiger partial charge in [-0.3, -0.25) is 4.79 Å². The molecule has 0 saturated carbocycles. The second-order valence-electron chi connectivity index (χ2n) is 4.29. The van der Waals surface area contributed by atoms with E-state index in [1.807, 2.05) is 0 Å². The fourth-order valence-electron chi connectivity index (χ4n) is 1.77. The summed E-state index contributed by atoms with van der Waals surface area (Å²) in [4.78, 5) is 11.9. The number of phenols is 1. The number of halogens is 1. The molecule has 3 N–H and O–H groups in total. The maximum atomic E-state index is 13.1. The number of amides is 1. The van der Waals surface area contributed by atoms with Crippen LogP contribution in [0.25, 0.3) is 0 Å². The molecule has 0 heterocycles. The van der Waals surface area contributed by atoms with Crippen LogP contribution in [0.3, 0.4) is 0 Å². The van der Waals surface area contributed by atoms with Gasteiger partial charge in [-0.2, -0.15) is 0 Å². The zero-order chi connectivity index (χ0) is 14.5. The predicted octanol–water partition coefficient (Wildman–Crippen LogP) is 2.32. The molecule has 2 aromatic rings. The van der Waals surface area contributed by atoms with Gasteiger partial charge in [0.05, 0.1) is 5.56 Å². The average molecular weight is 275 g/mol. The number of rotatable bonds is 4. The lowest BCUT2D eigenvalue weighted by Gasteiger charge is -2.07. The number of benzene rings is 2. The van der Waals surface area contributed by atoms with E-state index < -0.39 is 11.7 Å². The molecule has 0 fully saturated rings. The Labute approximate surface area is 115 Å². The SMILES string of the molecule is O=C(Nc1ccc(CCO)cc1)c1cc(F)ccc1O. The van der Waals surface area contributed by atoms with Crippen LogP contribution in [0.5, 0.6) is 5.75 Å². The molecule has 0 aromatic heterocycles. The van der Waals surface area contributed by atoms with Crippen LogP contribution in [0.2, 0.25) is 0 Å². The fraction of sp³-hybridized carbons (Fsp3) is 0.133.